The molecule has 0 unspecified atom stereocenters. The maximum Gasteiger partial charge on any atom is 0.335 e. The highest BCUT2D eigenvalue weighted by molar-refractivity contribution is 9.10. The third kappa shape index (κ3) is 5.42. The van der Waals surface area contributed by atoms with E-state index in [1.165, 1.54) is 25.3 Å². The Hall–Kier alpha value is -4.51. The number of imide groups is 2. The van der Waals surface area contributed by atoms with Crippen molar-refractivity contribution in [1.82, 2.24) is 5.32 Å². The first-order valence-corrected chi connectivity index (χ1v) is 12.1. The molecule has 0 aliphatic carbocycles. The number of nitrogens with zero attached hydrogens (tertiary/aromatic N) is 2. The molecule has 38 heavy (non-hydrogen) atoms. The number of halogens is 1. The molecule has 1 heterocycles. The van der Waals surface area contributed by atoms with E-state index in [1.807, 2.05) is 13.8 Å². The summed E-state index contributed by atoms with van der Waals surface area (Å²) in [5.74, 6) is -0.880. The van der Waals surface area contributed by atoms with Crippen LogP contribution in [0.5, 0.6) is 11.5 Å². The Morgan fingerprint density at radius 2 is 1.71 bits per heavy atom. The lowest BCUT2D eigenvalue weighted by Gasteiger charge is -2.27. The predicted octanol–water partition coefficient (Wildman–Crippen LogP) is 5.23. The van der Waals surface area contributed by atoms with Crippen molar-refractivity contribution in [3.63, 3.8) is 0 Å². The number of carbonyl (C=O) groups is 3. The number of aryl methyl sites for hydroxylation is 2. The molecular formula is C27H22BrN3O7. The van der Waals surface area contributed by atoms with E-state index in [-0.39, 0.29) is 17.9 Å². The molecular weight excluding hydrogens is 558 g/mol. The van der Waals surface area contributed by atoms with Gasteiger partial charge in [-0.1, -0.05) is 22.0 Å². The van der Waals surface area contributed by atoms with Gasteiger partial charge in [-0.3, -0.25) is 25.0 Å². The zero-order valence-electron chi connectivity index (χ0n) is 20.6. The largest absolute Gasteiger partial charge is 0.493 e. The molecule has 1 aliphatic rings. The predicted molar refractivity (Wildman–Crippen MR) is 143 cm³/mol. The number of anilines is 1. The first-order valence-electron chi connectivity index (χ1n) is 11.3. The number of urea groups is 1. The molecule has 3 aromatic rings. The van der Waals surface area contributed by atoms with E-state index in [0.29, 0.717) is 32.8 Å². The molecule has 1 N–H and O–H groups in total. The average molecular weight is 580 g/mol. The van der Waals surface area contributed by atoms with Crippen molar-refractivity contribution in [3.8, 4) is 11.5 Å². The molecule has 0 atom stereocenters. The van der Waals surface area contributed by atoms with Gasteiger partial charge >= 0.3 is 6.03 Å². The van der Waals surface area contributed by atoms with Crippen molar-refractivity contribution in [3.05, 3.63) is 97.0 Å². The number of ether oxygens (including phenoxy) is 2. The standard InChI is InChI=1S/C27H22BrN3O7/c1-15-4-7-20(10-16(15)2)30-26(33)21(25(32)29-27(30)34)11-18-12-23(37-3)24(13-22(18)28)38-14-17-5-8-19(9-6-17)31(35)36/h4-13H,14H2,1-3H3,(H,29,32,34)/b21-11+. The van der Waals surface area contributed by atoms with Crippen LogP contribution < -0.4 is 19.7 Å². The maximum absolute atomic E-state index is 13.3. The fraction of sp³-hybridized carbons (Fsp3) is 0.148. The first-order chi connectivity index (χ1) is 18.1. The van der Waals surface area contributed by atoms with E-state index in [0.717, 1.165) is 16.0 Å². The van der Waals surface area contributed by atoms with Gasteiger partial charge in [0, 0.05) is 16.6 Å². The van der Waals surface area contributed by atoms with Crippen molar-refractivity contribution in [2.45, 2.75) is 20.5 Å². The molecule has 0 aromatic heterocycles. The number of nitro groups is 1. The second-order valence-electron chi connectivity index (χ2n) is 8.46. The lowest BCUT2D eigenvalue weighted by atomic mass is 10.0. The van der Waals surface area contributed by atoms with Gasteiger partial charge < -0.3 is 9.47 Å². The van der Waals surface area contributed by atoms with Crippen LogP contribution >= 0.6 is 15.9 Å². The van der Waals surface area contributed by atoms with Gasteiger partial charge in [0.1, 0.15) is 12.2 Å². The van der Waals surface area contributed by atoms with Crippen molar-refractivity contribution < 1.29 is 28.8 Å². The number of benzene rings is 3. The van der Waals surface area contributed by atoms with Crippen LogP contribution in [-0.2, 0) is 16.2 Å². The summed E-state index contributed by atoms with van der Waals surface area (Å²) in [5.41, 5.74) is 3.13. The summed E-state index contributed by atoms with van der Waals surface area (Å²) >= 11 is 3.44. The number of hydrogen-bond donors (Lipinski definition) is 1. The van der Waals surface area contributed by atoms with E-state index in [9.17, 15) is 24.5 Å². The van der Waals surface area contributed by atoms with Crippen LogP contribution in [0.15, 0.2) is 64.6 Å². The molecule has 0 spiro atoms. The van der Waals surface area contributed by atoms with Gasteiger partial charge in [0.15, 0.2) is 11.5 Å². The average Bonchev–Trinajstić information content (AvgIpc) is 2.88. The fourth-order valence-corrected chi connectivity index (χ4v) is 4.16. The molecule has 0 saturated carbocycles. The Morgan fingerprint density at radius 3 is 2.34 bits per heavy atom. The number of rotatable bonds is 7. The highest BCUT2D eigenvalue weighted by Crippen LogP contribution is 2.36. The van der Waals surface area contributed by atoms with E-state index in [2.05, 4.69) is 21.2 Å². The molecule has 0 radical (unpaired) electrons. The molecule has 1 aliphatic heterocycles. The molecule has 11 heteroatoms. The number of non-ortho nitro benzene ring substituents is 1. The highest BCUT2D eigenvalue weighted by atomic mass is 79.9. The van der Waals surface area contributed by atoms with Crippen molar-refractivity contribution in [2.24, 2.45) is 0 Å². The number of hydrogen-bond acceptors (Lipinski definition) is 7. The van der Waals surface area contributed by atoms with Crippen LogP contribution in [0.3, 0.4) is 0 Å². The number of barbiturate groups is 1. The summed E-state index contributed by atoms with van der Waals surface area (Å²) in [5, 5.41) is 13.1. The molecule has 0 bridgehead atoms. The number of methoxy groups -OCH3 is 1. The van der Waals surface area contributed by atoms with Gasteiger partial charge in [-0.2, -0.15) is 0 Å². The van der Waals surface area contributed by atoms with Crippen LogP contribution in [0.4, 0.5) is 16.2 Å². The smallest absolute Gasteiger partial charge is 0.335 e. The van der Waals surface area contributed by atoms with Gasteiger partial charge in [0.05, 0.1) is 17.7 Å². The summed E-state index contributed by atoms with van der Waals surface area (Å²) in [7, 11) is 1.44. The zero-order valence-corrected chi connectivity index (χ0v) is 22.2. The Bertz CT molecular complexity index is 1500. The molecule has 1 saturated heterocycles. The number of nitro benzene ring substituents is 1. The molecule has 1 fully saturated rings. The Kier molecular flexibility index (Phi) is 7.58. The summed E-state index contributed by atoms with van der Waals surface area (Å²) in [6.07, 6.45) is 1.37. The monoisotopic (exact) mass is 579 g/mol. The van der Waals surface area contributed by atoms with Gasteiger partial charge in [-0.15, -0.1) is 0 Å². The lowest BCUT2D eigenvalue weighted by molar-refractivity contribution is -0.384. The lowest BCUT2D eigenvalue weighted by Crippen LogP contribution is -2.54. The third-order valence-electron chi connectivity index (χ3n) is 5.97. The van der Waals surface area contributed by atoms with E-state index in [1.54, 1.807) is 42.5 Å². The molecule has 10 nitrogen and oxygen atoms in total. The van der Waals surface area contributed by atoms with E-state index in [4.69, 9.17) is 9.47 Å². The van der Waals surface area contributed by atoms with Crippen molar-refractivity contribution >= 4 is 51.2 Å². The minimum Gasteiger partial charge on any atom is -0.493 e. The fourth-order valence-electron chi connectivity index (χ4n) is 3.72. The Balaban J connectivity index is 1.61. The zero-order chi connectivity index (χ0) is 27.6. The summed E-state index contributed by atoms with van der Waals surface area (Å²) < 4.78 is 11.8. The summed E-state index contributed by atoms with van der Waals surface area (Å²) in [4.78, 5) is 49.7. The minimum atomic E-state index is -0.827. The highest BCUT2D eigenvalue weighted by Gasteiger charge is 2.37. The van der Waals surface area contributed by atoms with Crippen LogP contribution in [0.25, 0.3) is 6.08 Å². The molecule has 4 rings (SSSR count). The number of carbonyl (C=O) groups excluding carboxylic acids is 3. The second kappa shape index (κ2) is 10.9. The molecule has 194 valence electrons. The summed E-state index contributed by atoms with van der Waals surface area (Å²) in [6, 6.07) is 13.5. The van der Waals surface area contributed by atoms with Crippen LogP contribution in [0, 0.1) is 24.0 Å². The van der Waals surface area contributed by atoms with Crippen LogP contribution in [0.2, 0.25) is 0 Å². The third-order valence-corrected chi connectivity index (χ3v) is 6.66. The summed E-state index contributed by atoms with van der Waals surface area (Å²) in [6.45, 7) is 3.90. The molecule has 4 amide bonds. The quantitative estimate of drug-likeness (QED) is 0.176. The SMILES string of the molecule is COc1cc(/C=C2\C(=O)NC(=O)N(c3ccc(C)c(C)c3)C2=O)c(Br)cc1OCc1ccc([N+](=O)[O-])cc1. The van der Waals surface area contributed by atoms with Gasteiger partial charge in [0.2, 0.25) is 0 Å². The van der Waals surface area contributed by atoms with Gasteiger partial charge in [-0.25, -0.2) is 9.69 Å². The normalized spacial score (nSPS) is 14.5. The topological polar surface area (TPSA) is 128 Å². The number of nitrogens with one attached hydrogen (secondary N) is 1. The van der Waals surface area contributed by atoms with Crippen LogP contribution in [-0.4, -0.2) is 29.9 Å². The Morgan fingerprint density at radius 1 is 1.00 bits per heavy atom. The van der Waals surface area contributed by atoms with E-state index < -0.39 is 22.8 Å². The Labute approximate surface area is 226 Å². The first kappa shape index (κ1) is 26.6. The second-order valence-corrected chi connectivity index (χ2v) is 9.32. The number of amides is 4. The van der Waals surface area contributed by atoms with Crippen molar-refractivity contribution in [2.75, 3.05) is 12.0 Å². The van der Waals surface area contributed by atoms with Crippen LogP contribution in [0.1, 0.15) is 22.3 Å². The van der Waals surface area contributed by atoms with Gasteiger partial charge in [0.25, 0.3) is 17.5 Å². The maximum atomic E-state index is 13.3. The van der Waals surface area contributed by atoms with E-state index >= 15 is 0 Å². The van der Waals surface area contributed by atoms with Crippen molar-refractivity contribution in [1.29, 1.82) is 0 Å². The molecule has 3 aromatic carbocycles. The minimum absolute atomic E-state index is 0.0226. The van der Waals surface area contributed by atoms with Gasteiger partial charge in [-0.05, 0) is 78.6 Å².